The standard InChI is InChI=1S/C14H14ClN5/c15-11-1-3-12(4-2-11)20-7-5-10(6-8-20)14-13(9-16)17-19-18-14/h1-4,10H,5-8H2,(H,17,18,19). The predicted octanol–water partition coefficient (Wildman–Crippen LogP) is 2.71. The van der Waals surface area contributed by atoms with Gasteiger partial charge in [0.25, 0.3) is 0 Å². The Balaban J connectivity index is 1.68. The number of aromatic amines is 1. The highest BCUT2D eigenvalue weighted by Crippen LogP contribution is 2.30. The van der Waals surface area contributed by atoms with Gasteiger partial charge in [0.2, 0.25) is 0 Å². The van der Waals surface area contributed by atoms with Gasteiger partial charge in [-0.2, -0.15) is 15.6 Å². The quantitative estimate of drug-likeness (QED) is 0.922. The Morgan fingerprint density at radius 1 is 1.20 bits per heavy atom. The SMILES string of the molecule is N#Cc1n[nH]nc1C1CCN(c2ccc(Cl)cc2)CC1. The van der Waals surface area contributed by atoms with E-state index in [0.29, 0.717) is 11.6 Å². The number of nitrogens with zero attached hydrogens (tertiary/aromatic N) is 4. The topological polar surface area (TPSA) is 68.6 Å². The van der Waals surface area contributed by atoms with Crippen LogP contribution < -0.4 is 4.90 Å². The van der Waals surface area contributed by atoms with Gasteiger partial charge in [-0.3, -0.25) is 0 Å². The number of hydrogen-bond donors (Lipinski definition) is 1. The first kappa shape index (κ1) is 12.9. The molecule has 0 bridgehead atoms. The number of aromatic nitrogens is 3. The van der Waals surface area contributed by atoms with Crippen molar-refractivity contribution in [3.8, 4) is 6.07 Å². The predicted molar refractivity (Wildman–Crippen MR) is 76.7 cm³/mol. The van der Waals surface area contributed by atoms with E-state index in [-0.39, 0.29) is 0 Å². The average Bonchev–Trinajstić information content (AvgIpc) is 2.97. The second-order valence-corrected chi connectivity index (χ2v) is 5.34. The van der Waals surface area contributed by atoms with Gasteiger partial charge in [-0.25, -0.2) is 0 Å². The average molecular weight is 288 g/mol. The molecule has 20 heavy (non-hydrogen) atoms. The number of nitriles is 1. The second kappa shape index (κ2) is 5.51. The van der Waals surface area contributed by atoms with Gasteiger partial charge in [-0.1, -0.05) is 11.6 Å². The molecule has 1 aliphatic heterocycles. The van der Waals surface area contributed by atoms with Crippen LogP contribution in [0.15, 0.2) is 24.3 Å². The van der Waals surface area contributed by atoms with Crippen molar-refractivity contribution in [1.29, 1.82) is 5.26 Å². The molecule has 1 aromatic heterocycles. The Bertz CT molecular complexity index is 620. The number of anilines is 1. The summed E-state index contributed by atoms with van der Waals surface area (Å²) in [4.78, 5) is 2.33. The summed E-state index contributed by atoms with van der Waals surface area (Å²) in [5.74, 6) is 0.312. The van der Waals surface area contributed by atoms with Crippen molar-refractivity contribution in [2.75, 3.05) is 18.0 Å². The lowest BCUT2D eigenvalue weighted by Crippen LogP contribution is -2.33. The number of nitrogens with one attached hydrogen (secondary N) is 1. The van der Waals surface area contributed by atoms with Crippen molar-refractivity contribution in [3.05, 3.63) is 40.7 Å². The van der Waals surface area contributed by atoms with Crippen LogP contribution in [-0.4, -0.2) is 28.5 Å². The van der Waals surface area contributed by atoms with Crippen molar-refractivity contribution in [3.63, 3.8) is 0 Å². The Morgan fingerprint density at radius 2 is 1.90 bits per heavy atom. The Labute approximate surface area is 122 Å². The minimum absolute atomic E-state index is 0.312. The van der Waals surface area contributed by atoms with E-state index in [0.717, 1.165) is 36.6 Å². The molecule has 5 nitrogen and oxygen atoms in total. The van der Waals surface area contributed by atoms with Gasteiger partial charge >= 0.3 is 0 Å². The van der Waals surface area contributed by atoms with Crippen molar-refractivity contribution in [1.82, 2.24) is 15.4 Å². The van der Waals surface area contributed by atoms with Gasteiger partial charge in [-0.15, -0.1) is 5.10 Å². The molecule has 6 heteroatoms. The minimum atomic E-state index is 0.312. The molecule has 1 saturated heterocycles. The van der Waals surface area contributed by atoms with Gasteiger partial charge in [0.15, 0.2) is 5.69 Å². The van der Waals surface area contributed by atoms with Crippen LogP contribution >= 0.6 is 11.6 Å². The molecule has 3 rings (SSSR count). The molecule has 0 aliphatic carbocycles. The Morgan fingerprint density at radius 3 is 2.55 bits per heavy atom. The Kier molecular flexibility index (Phi) is 3.57. The molecule has 1 aliphatic rings. The van der Waals surface area contributed by atoms with E-state index in [2.05, 4.69) is 26.4 Å². The first-order valence-corrected chi connectivity index (χ1v) is 6.97. The number of H-pyrrole nitrogens is 1. The zero-order chi connectivity index (χ0) is 13.9. The van der Waals surface area contributed by atoms with Gasteiger partial charge < -0.3 is 4.90 Å². The fourth-order valence-electron chi connectivity index (χ4n) is 2.67. The van der Waals surface area contributed by atoms with E-state index >= 15 is 0 Å². The molecule has 2 aromatic rings. The molecule has 0 saturated carbocycles. The number of rotatable bonds is 2. The first-order valence-electron chi connectivity index (χ1n) is 6.59. The van der Waals surface area contributed by atoms with Crippen molar-refractivity contribution in [2.45, 2.75) is 18.8 Å². The lowest BCUT2D eigenvalue weighted by atomic mass is 9.92. The van der Waals surface area contributed by atoms with Crippen LogP contribution in [0.5, 0.6) is 0 Å². The number of piperidine rings is 1. The van der Waals surface area contributed by atoms with E-state index in [4.69, 9.17) is 16.9 Å². The van der Waals surface area contributed by atoms with Gasteiger partial charge in [0, 0.05) is 29.7 Å². The van der Waals surface area contributed by atoms with Gasteiger partial charge in [0.1, 0.15) is 11.8 Å². The monoisotopic (exact) mass is 287 g/mol. The zero-order valence-corrected chi connectivity index (χ0v) is 11.6. The highest BCUT2D eigenvalue weighted by molar-refractivity contribution is 6.30. The smallest absolute Gasteiger partial charge is 0.185 e. The molecule has 0 amide bonds. The van der Waals surface area contributed by atoms with Crippen LogP contribution in [0.3, 0.4) is 0 Å². The number of benzene rings is 1. The molecular formula is C14H14ClN5. The number of hydrogen-bond acceptors (Lipinski definition) is 4. The minimum Gasteiger partial charge on any atom is -0.371 e. The van der Waals surface area contributed by atoms with Crippen molar-refractivity contribution in [2.24, 2.45) is 0 Å². The van der Waals surface area contributed by atoms with Crippen LogP contribution in [0.1, 0.15) is 30.1 Å². The third-order valence-electron chi connectivity index (χ3n) is 3.75. The maximum atomic E-state index is 9.00. The molecule has 0 spiro atoms. The summed E-state index contributed by atoms with van der Waals surface area (Å²) in [7, 11) is 0. The van der Waals surface area contributed by atoms with E-state index in [9.17, 15) is 0 Å². The van der Waals surface area contributed by atoms with Gasteiger partial charge in [-0.05, 0) is 37.1 Å². The summed E-state index contributed by atoms with van der Waals surface area (Å²) in [6.45, 7) is 1.90. The molecule has 0 unspecified atom stereocenters. The third kappa shape index (κ3) is 2.47. The Hall–Kier alpha value is -2.06. The van der Waals surface area contributed by atoms with E-state index < -0.39 is 0 Å². The van der Waals surface area contributed by atoms with Crippen molar-refractivity contribution >= 4 is 17.3 Å². The largest absolute Gasteiger partial charge is 0.371 e. The highest BCUT2D eigenvalue weighted by atomic mass is 35.5. The van der Waals surface area contributed by atoms with Crippen molar-refractivity contribution < 1.29 is 0 Å². The lowest BCUT2D eigenvalue weighted by Gasteiger charge is -2.32. The maximum Gasteiger partial charge on any atom is 0.185 e. The summed E-state index contributed by atoms with van der Waals surface area (Å²) in [6.07, 6.45) is 1.95. The van der Waals surface area contributed by atoms with Gasteiger partial charge in [0.05, 0.1) is 0 Å². The fourth-order valence-corrected chi connectivity index (χ4v) is 2.80. The fraction of sp³-hybridized carbons (Fsp3) is 0.357. The molecule has 1 N–H and O–H groups in total. The summed E-state index contributed by atoms with van der Waals surface area (Å²) in [5, 5.41) is 20.3. The van der Waals surface area contributed by atoms with E-state index in [1.165, 1.54) is 5.69 Å². The molecule has 1 aromatic carbocycles. The zero-order valence-electron chi connectivity index (χ0n) is 10.9. The normalized spacial score (nSPS) is 16.1. The molecule has 0 atom stereocenters. The van der Waals surface area contributed by atoms with E-state index in [1.54, 1.807) is 0 Å². The summed E-state index contributed by atoms with van der Waals surface area (Å²) >= 11 is 5.91. The molecule has 102 valence electrons. The summed E-state index contributed by atoms with van der Waals surface area (Å²) in [5.41, 5.74) is 2.42. The first-order chi connectivity index (χ1) is 9.78. The van der Waals surface area contributed by atoms with Crippen LogP contribution in [0.2, 0.25) is 5.02 Å². The molecule has 1 fully saturated rings. The van der Waals surface area contributed by atoms with Crippen LogP contribution in [0.25, 0.3) is 0 Å². The van der Waals surface area contributed by atoms with Crippen LogP contribution in [-0.2, 0) is 0 Å². The second-order valence-electron chi connectivity index (χ2n) is 4.91. The van der Waals surface area contributed by atoms with E-state index in [1.807, 2.05) is 24.3 Å². The molecular weight excluding hydrogens is 274 g/mol. The summed E-state index contributed by atoms with van der Waals surface area (Å²) < 4.78 is 0. The third-order valence-corrected chi connectivity index (χ3v) is 4.01. The van der Waals surface area contributed by atoms with Crippen LogP contribution in [0.4, 0.5) is 5.69 Å². The number of halogens is 1. The molecule has 2 heterocycles. The lowest BCUT2D eigenvalue weighted by molar-refractivity contribution is 0.495. The van der Waals surface area contributed by atoms with Crippen LogP contribution in [0, 0.1) is 11.3 Å². The summed E-state index contributed by atoms with van der Waals surface area (Å²) in [6, 6.07) is 9.99. The molecule has 0 radical (unpaired) electrons. The highest BCUT2D eigenvalue weighted by Gasteiger charge is 2.25. The maximum absolute atomic E-state index is 9.00.